The molecule has 0 radical (unpaired) electrons. The predicted molar refractivity (Wildman–Crippen MR) is 383 cm³/mol. The SMILES string of the molecule is CC#Cc1cc(C(C)(C)C)cc2c3cc(C(C)(C)C)cc(C#Cc4sc(-c5c6c(c(-c7cc(CC(C)CCCCCC)c(C)s7)c7nsnc57)N=S=N6)cc4CC(CCCC)CCCCCC)c3n(CCCCCCCCCCCCCCCC)c12. The average Bonchev–Trinajstić information content (AvgIpc) is 1.72. The highest BCUT2D eigenvalue weighted by molar-refractivity contribution is 7.58. The second-order valence-electron chi connectivity index (χ2n) is 27.8. The van der Waals surface area contributed by atoms with Crippen LogP contribution in [-0.2, 0) is 41.6 Å². The minimum atomic E-state index is -0.0886. The Balaban J connectivity index is 1.22. The maximum Gasteiger partial charge on any atom is 0.116 e. The van der Waals surface area contributed by atoms with Gasteiger partial charge in [-0.2, -0.15) is 17.5 Å². The highest BCUT2D eigenvalue weighted by Crippen LogP contribution is 2.55. The standard InChI is InChI=1S/C77H107N5S4/c1-14-19-23-26-27-28-29-30-31-32-33-34-35-38-45-82-74-57(39-18-5)48-61(76(8,9)10)52-63(74)64-53-62(77(11,12)13)49-58(75(64)82)43-44-65-60(47-56(41-22-17-4)42-37-25-21-16-3)51-67(84-65)69-72-70(78-85-80-72)68(71-73(69)81-86-79-71)66-50-59(55(7)83-66)46-54(6)40-36-24-20-15-2/h48-54,56H,14-17,19-38,40-42,45-47H2,1-13H3. The molecule has 86 heavy (non-hydrogen) atoms. The van der Waals surface area contributed by atoms with E-state index in [-0.39, 0.29) is 10.8 Å². The molecule has 2 unspecified atom stereocenters. The summed E-state index contributed by atoms with van der Waals surface area (Å²) in [5.41, 5.74) is 16.0. The smallest absolute Gasteiger partial charge is 0.116 e. The molecular formula is C77H107N5S4. The summed E-state index contributed by atoms with van der Waals surface area (Å²) in [6.45, 7) is 31.0. The van der Waals surface area contributed by atoms with Crippen molar-refractivity contribution in [1.82, 2.24) is 13.3 Å². The topological polar surface area (TPSA) is 55.4 Å². The van der Waals surface area contributed by atoms with Gasteiger partial charge in [-0.25, -0.2) is 0 Å². The number of benzene rings is 3. The van der Waals surface area contributed by atoms with Crippen LogP contribution in [0, 0.1) is 42.4 Å². The number of aryl methyl sites for hydroxylation is 2. The van der Waals surface area contributed by atoms with Gasteiger partial charge >= 0.3 is 0 Å². The van der Waals surface area contributed by atoms with Crippen LogP contribution in [0.25, 0.3) is 53.7 Å². The minimum Gasteiger partial charge on any atom is -0.338 e. The van der Waals surface area contributed by atoms with Crippen molar-refractivity contribution in [3.8, 4) is 44.6 Å². The zero-order valence-electron chi connectivity index (χ0n) is 55.7. The van der Waals surface area contributed by atoms with E-state index in [2.05, 4.69) is 148 Å². The molecule has 8 rings (SSSR count). The van der Waals surface area contributed by atoms with Gasteiger partial charge in [0.2, 0.25) is 0 Å². The van der Waals surface area contributed by atoms with Crippen molar-refractivity contribution in [2.45, 2.75) is 294 Å². The second kappa shape index (κ2) is 32.9. The summed E-state index contributed by atoms with van der Waals surface area (Å²) in [5.74, 6) is 16.3. The largest absolute Gasteiger partial charge is 0.338 e. The van der Waals surface area contributed by atoms with Crippen molar-refractivity contribution in [3.05, 3.63) is 79.5 Å². The van der Waals surface area contributed by atoms with Crippen LogP contribution < -0.4 is 0 Å². The summed E-state index contributed by atoms with van der Waals surface area (Å²) in [6.07, 6.45) is 37.6. The molecular weight excluding hydrogens is 1120 g/mol. The van der Waals surface area contributed by atoms with Gasteiger partial charge in [-0.05, 0) is 114 Å². The van der Waals surface area contributed by atoms with E-state index in [4.69, 9.17) is 17.5 Å². The molecule has 0 bridgehead atoms. The van der Waals surface area contributed by atoms with Crippen LogP contribution in [0.5, 0.6) is 0 Å². The number of nitrogens with zero attached hydrogens (tertiary/aromatic N) is 5. The first-order valence-electron chi connectivity index (χ1n) is 34.3. The number of thiophene rings is 2. The Kier molecular flexibility index (Phi) is 25.8. The number of unbranched alkanes of at least 4 members (excludes halogenated alkanes) is 20. The van der Waals surface area contributed by atoms with Gasteiger partial charge in [-0.3, -0.25) is 0 Å². The van der Waals surface area contributed by atoms with Crippen LogP contribution in [0.4, 0.5) is 11.4 Å². The highest BCUT2D eigenvalue weighted by atomic mass is 32.1. The normalized spacial score (nSPS) is 13.2. The van der Waals surface area contributed by atoms with Gasteiger partial charge in [-0.15, -0.1) is 28.6 Å². The second-order valence-corrected chi connectivity index (χ2v) is 31.1. The number of aromatic nitrogens is 3. The van der Waals surface area contributed by atoms with E-state index in [9.17, 15) is 0 Å². The van der Waals surface area contributed by atoms with Gasteiger partial charge in [0.1, 0.15) is 22.4 Å². The number of rotatable bonds is 34. The molecule has 0 saturated carbocycles. The summed E-state index contributed by atoms with van der Waals surface area (Å²) in [7, 11) is 0. The van der Waals surface area contributed by atoms with Gasteiger partial charge in [0.15, 0.2) is 0 Å². The third-order valence-corrected chi connectivity index (χ3v) is 21.7. The monoisotopic (exact) mass is 1230 g/mol. The molecule has 7 aromatic rings. The molecule has 1 aliphatic rings. The van der Waals surface area contributed by atoms with E-state index >= 15 is 0 Å². The fraction of sp³-hybridized carbons (Fsp3) is 0.610. The lowest BCUT2D eigenvalue weighted by atomic mass is 9.83. The van der Waals surface area contributed by atoms with Crippen LogP contribution >= 0.6 is 34.4 Å². The predicted octanol–water partition coefficient (Wildman–Crippen LogP) is 25.6. The van der Waals surface area contributed by atoms with Crippen LogP contribution in [0.1, 0.15) is 300 Å². The molecule has 1 aliphatic heterocycles. The summed E-state index contributed by atoms with van der Waals surface area (Å²) in [4.78, 5) is 4.95. The first kappa shape index (κ1) is 67.5. The van der Waals surface area contributed by atoms with Gasteiger partial charge in [-0.1, -0.05) is 261 Å². The summed E-state index contributed by atoms with van der Waals surface area (Å²) >= 11 is 6.36. The molecule has 0 amide bonds. The number of fused-ring (bicyclic) bond motifs is 5. The highest BCUT2D eigenvalue weighted by Gasteiger charge is 2.30. The molecule has 464 valence electrons. The molecule has 0 fully saturated rings. The molecule has 0 saturated heterocycles. The van der Waals surface area contributed by atoms with E-state index in [1.807, 2.05) is 29.6 Å². The van der Waals surface area contributed by atoms with Crippen molar-refractivity contribution in [2.75, 3.05) is 0 Å². The van der Waals surface area contributed by atoms with Crippen LogP contribution in [0.3, 0.4) is 0 Å². The van der Waals surface area contributed by atoms with Gasteiger partial charge in [0, 0.05) is 54.2 Å². The Labute approximate surface area is 537 Å². The Morgan fingerprint density at radius 2 is 0.965 bits per heavy atom. The third-order valence-electron chi connectivity index (χ3n) is 18.4. The molecule has 5 heterocycles. The number of hydrogen-bond donors (Lipinski definition) is 0. The van der Waals surface area contributed by atoms with Crippen molar-refractivity contribution >= 4 is 90.0 Å². The molecule has 5 nitrogen and oxygen atoms in total. The fourth-order valence-electron chi connectivity index (χ4n) is 13.2. The molecule has 2 atom stereocenters. The lowest BCUT2D eigenvalue weighted by Crippen LogP contribution is -2.11. The van der Waals surface area contributed by atoms with Crippen molar-refractivity contribution < 1.29 is 0 Å². The lowest BCUT2D eigenvalue weighted by Gasteiger charge is -2.20. The van der Waals surface area contributed by atoms with E-state index in [1.165, 1.54) is 249 Å². The first-order chi connectivity index (χ1) is 41.6. The van der Waals surface area contributed by atoms with Crippen molar-refractivity contribution in [2.24, 2.45) is 20.6 Å². The Hall–Kier alpha value is -4.38. The lowest BCUT2D eigenvalue weighted by molar-refractivity contribution is 0.410. The Morgan fingerprint density at radius 1 is 0.500 bits per heavy atom. The average molecular weight is 1230 g/mol. The maximum absolute atomic E-state index is 5.17. The van der Waals surface area contributed by atoms with Crippen LogP contribution in [-0.4, -0.2) is 13.3 Å². The Morgan fingerprint density at radius 3 is 1.49 bits per heavy atom. The quantitative estimate of drug-likeness (QED) is 0.0298. The summed E-state index contributed by atoms with van der Waals surface area (Å²) in [5, 5.41) is 2.60. The molecule has 4 aromatic heterocycles. The minimum absolute atomic E-state index is 0.0388. The molecule has 9 heteroatoms. The van der Waals surface area contributed by atoms with Gasteiger partial charge < -0.3 is 4.57 Å². The fourth-order valence-corrected chi connectivity index (χ4v) is 16.5. The molecule has 0 spiro atoms. The molecule has 0 N–H and O–H groups in total. The van der Waals surface area contributed by atoms with E-state index in [0.717, 1.165) is 75.3 Å². The van der Waals surface area contributed by atoms with Gasteiger partial charge in [0.25, 0.3) is 0 Å². The van der Waals surface area contributed by atoms with Gasteiger partial charge in [0.05, 0.1) is 39.0 Å². The summed E-state index contributed by atoms with van der Waals surface area (Å²) in [6, 6.07) is 14.8. The zero-order chi connectivity index (χ0) is 61.2. The van der Waals surface area contributed by atoms with Crippen LogP contribution in [0.2, 0.25) is 0 Å². The summed E-state index contributed by atoms with van der Waals surface area (Å²) < 4.78 is 23.2. The third kappa shape index (κ3) is 17.5. The van der Waals surface area contributed by atoms with Crippen molar-refractivity contribution in [1.29, 1.82) is 0 Å². The van der Waals surface area contributed by atoms with E-state index in [0.29, 0.717) is 11.8 Å². The maximum atomic E-state index is 5.17. The molecule has 3 aromatic carbocycles. The molecule has 0 aliphatic carbocycles. The first-order valence-corrected chi connectivity index (χ1v) is 37.4. The van der Waals surface area contributed by atoms with E-state index < -0.39 is 0 Å². The Bertz CT molecular complexity index is 3530. The number of hydrogen-bond acceptors (Lipinski definition) is 7. The van der Waals surface area contributed by atoms with Crippen LogP contribution in [0.15, 0.2) is 45.1 Å². The van der Waals surface area contributed by atoms with Crippen molar-refractivity contribution in [3.63, 3.8) is 0 Å². The van der Waals surface area contributed by atoms with E-state index in [1.54, 1.807) is 0 Å². The zero-order valence-corrected chi connectivity index (χ0v) is 59.0.